The van der Waals surface area contributed by atoms with Crippen molar-refractivity contribution < 1.29 is 0 Å². The molecule has 1 aliphatic rings. The topological polar surface area (TPSA) is 15.3 Å². The van der Waals surface area contributed by atoms with Crippen molar-refractivity contribution in [2.75, 3.05) is 26.2 Å². The highest BCUT2D eigenvalue weighted by Gasteiger charge is 2.20. The van der Waals surface area contributed by atoms with Crippen LogP contribution in [-0.4, -0.2) is 37.1 Å². The molecule has 2 heteroatoms. The smallest absolute Gasteiger partial charge is 0.0167 e. The minimum atomic E-state index is 0.442. The zero-order chi connectivity index (χ0) is 9.19. The Morgan fingerprint density at radius 1 is 1.42 bits per heavy atom. The third-order valence-electron chi connectivity index (χ3n) is 2.15. The van der Waals surface area contributed by atoms with Crippen LogP contribution in [-0.2, 0) is 0 Å². The molecule has 1 N–H and O–H groups in total. The molecule has 0 aromatic heterocycles. The maximum Gasteiger partial charge on any atom is 0.0167 e. The molecule has 0 saturated carbocycles. The van der Waals surface area contributed by atoms with Crippen LogP contribution >= 0.6 is 0 Å². The fourth-order valence-electron chi connectivity index (χ4n) is 1.83. The first-order valence-electron chi connectivity index (χ1n) is 4.93. The van der Waals surface area contributed by atoms with Gasteiger partial charge < -0.3 is 10.2 Å². The van der Waals surface area contributed by atoms with Crippen LogP contribution in [0.5, 0.6) is 0 Å². The number of hydrogen-bond acceptors (Lipinski definition) is 2. The first kappa shape index (κ1) is 10.0. The fourth-order valence-corrected chi connectivity index (χ4v) is 1.83. The number of nitrogens with zero attached hydrogens (tertiary/aromatic N) is 1. The molecule has 1 fully saturated rings. The number of hydrogen-bond donors (Lipinski definition) is 1. The molecule has 0 spiro atoms. The SMILES string of the molecule is C[C@@H]1CN(CC(C)(C)C)CCN1. The number of nitrogens with one attached hydrogen (secondary N) is 1. The molecule has 12 heavy (non-hydrogen) atoms. The lowest BCUT2D eigenvalue weighted by Gasteiger charge is -2.36. The van der Waals surface area contributed by atoms with Gasteiger partial charge in [0.2, 0.25) is 0 Å². The summed E-state index contributed by atoms with van der Waals surface area (Å²) in [7, 11) is 0. The monoisotopic (exact) mass is 170 g/mol. The molecule has 0 aliphatic carbocycles. The summed E-state index contributed by atoms with van der Waals surface area (Å²) in [6.07, 6.45) is 0. The van der Waals surface area contributed by atoms with Gasteiger partial charge in [-0.2, -0.15) is 0 Å². The van der Waals surface area contributed by atoms with Crippen LogP contribution < -0.4 is 5.32 Å². The Morgan fingerprint density at radius 2 is 2.08 bits per heavy atom. The van der Waals surface area contributed by atoms with E-state index in [0.717, 1.165) is 6.54 Å². The van der Waals surface area contributed by atoms with Gasteiger partial charge in [0.15, 0.2) is 0 Å². The van der Waals surface area contributed by atoms with Crippen LogP contribution in [0.25, 0.3) is 0 Å². The van der Waals surface area contributed by atoms with Gasteiger partial charge in [-0.05, 0) is 12.3 Å². The first-order chi connectivity index (χ1) is 5.47. The van der Waals surface area contributed by atoms with Crippen LogP contribution in [0, 0.1) is 5.41 Å². The molecule has 0 unspecified atom stereocenters. The maximum atomic E-state index is 3.46. The first-order valence-corrected chi connectivity index (χ1v) is 4.93. The highest BCUT2D eigenvalue weighted by atomic mass is 15.2. The fraction of sp³-hybridized carbons (Fsp3) is 1.00. The van der Waals surface area contributed by atoms with Crippen molar-refractivity contribution in [2.45, 2.75) is 33.7 Å². The Kier molecular flexibility index (Phi) is 3.13. The van der Waals surface area contributed by atoms with E-state index in [0.29, 0.717) is 11.5 Å². The predicted molar refractivity (Wildman–Crippen MR) is 53.4 cm³/mol. The average Bonchev–Trinajstić information content (AvgIpc) is 1.82. The molecule has 0 amide bonds. The van der Waals surface area contributed by atoms with E-state index in [1.54, 1.807) is 0 Å². The number of piperazine rings is 1. The Hall–Kier alpha value is -0.0800. The lowest BCUT2D eigenvalue weighted by Crippen LogP contribution is -2.51. The molecule has 0 radical (unpaired) electrons. The highest BCUT2D eigenvalue weighted by molar-refractivity contribution is 4.78. The van der Waals surface area contributed by atoms with Crippen molar-refractivity contribution in [2.24, 2.45) is 5.41 Å². The van der Waals surface area contributed by atoms with E-state index >= 15 is 0 Å². The largest absolute Gasteiger partial charge is 0.312 e. The standard InChI is InChI=1S/C10H22N2/c1-9-7-12(6-5-11-9)8-10(2,3)4/h9,11H,5-8H2,1-4H3/t9-/m1/s1. The summed E-state index contributed by atoms with van der Waals surface area (Å²) in [5.74, 6) is 0. The molecule has 0 aromatic rings. The minimum Gasteiger partial charge on any atom is -0.312 e. The molecule has 1 saturated heterocycles. The van der Waals surface area contributed by atoms with E-state index in [1.807, 2.05) is 0 Å². The second-order valence-corrected chi connectivity index (χ2v) is 5.15. The van der Waals surface area contributed by atoms with Crippen molar-refractivity contribution in [3.05, 3.63) is 0 Å². The summed E-state index contributed by atoms with van der Waals surface area (Å²) < 4.78 is 0. The highest BCUT2D eigenvalue weighted by Crippen LogP contribution is 2.15. The van der Waals surface area contributed by atoms with Gasteiger partial charge in [-0.25, -0.2) is 0 Å². The third kappa shape index (κ3) is 3.55. The zero-order valence-electron chi connectivity index (χ0n) is 8.85. The van der Waals surface area contributed by atoms with Gasteiger partial charge in [-0.1, -0.05) is 20.8 Å². The van der Waals surface area contributed by atoms with E-state index in [4.69, 9.17) is 0 Å². The van der Waals surface area contributed by atoms with Gasteiger partial charge in [0.25, 0.3) is 0 Å². The summed E-state index contributed by atoms with van der Waals surface area (Å²) >= 11 is 0. The van der Waals surface area contributed by atoms with E-state index < -0.39 is 0 Å². The van der Waals surface area contributed by atoms with Crippen molar-refractivity contribution in [3.8, 4) is 0 Å². The van der Waals surface area contributed by atoms with Crippen LogP contribution in [0.4, 0.5) is 0 Å². The molecule has 1 aliphatic heterocycles. The quantitative estimate of drug-likeness (QED) is 0.638. The summed E-state index contributed by atoms with van der Waals surface area (Å²) in [6.45, 7) is 14.0. The zero-order valence-corrected chi connectivity index (χ0v) is 8.85. The molecule has 1 atom stereocenters. The van der Waals surface area contributed by atoms with E-state index in [-0.39, 0.29) is 0 Å². The van der Waals surface area contributed by atoms with Gasteiger partial charge in [0.05, 0.1) is 0 Å². The second-order valence-electron chi connectivity index (χ2n) is 5.15. The van der Waals surface area contributed by atoms with Gasteiger partial charge in [0.1, 0.15) is 0 Å². The molecule has 72 valence electrons. The molecule has 2 nitrogen and oxygen atoms in total. The Labute approximate surface area is 76.3 Å². The Bertz CT molecular complexity index is 137. The van der Waals surface area contributed by atoms with E-state index in [2.05, 4.69) is 37.9 Å². The minimum absolute atomic E-state index is 0.442. The molecule has 0 aromatic carbocycles. The van der Waals surface area contributed by atoms with Gasteiger partial charge in [0, 0.05) is 32.2 Å². The maximum absolute atomic E-state index is 3.46. The normalized spacial score (nSPS) is 27.5. The summed E-state index contributed by atoms with van der Waals surface area (Å²) in [5, 5.41) is 3.46. The summed E-state index contributed by atoms with van der Waals surface area (Å²) in [6, 6.07) is 0.668. The van der Waals surface area contributed by atoms with Crippen molar-refractivity contribution in [1.29, 1.82) is 0 Å². The van der Waals surface area contributed by atoms with Crippen LogP contribution in [0.2, 0.25) is 0 Å². The molecule has 0 bridgehead atoms. The van der Waals surface area contributed by atoms with E-state index in [9.17, 15) is 0 Å². The molecular weight excluding hydrogens is 148 g/mol. The van der Waals surface area contributed by atoms with E-state index in [1.165, 1.54) is 19.6 Å². The average molecular weight is 170 g/mol. The predicted octanol–water partition coefficient (Wildman–Crippen LogP) is 1.33. The Balaban J connectivity index is 2.32. The van der Waals surface area contributed by atoms with Crippen molar-refractivity contribution in [1.82, 2.24) is 10.2 Å². The van der Waals surface area contributed by atoms with Crippen molar-refractivity contribution >= 4 is 0 Å². The van der Waals surface area contributed by atoms with Gasteiger partial charge in [-0.3, -0.25) is 0 Å². The number of rotatable bonds is 1. The molecule has 1 heterocycles. The van der Waals surface area contributed by atoms with Crippen LogP contribution in [0.3, 0.4) is 0 Å². The summed E-state index contributed by atoms with van der Waals surface area (Å²) in [5.41, 5.74) is 0.442. The van der Waals surface area contributed by atoms with Crippen LogP contribution in [0.15, 0.2) is 0 Å². The Morgan fingerprint density at radius 3 is 2.58 bits per heavy atom. The van der Waals surface area contributed by atoms with Gasteiger partial charge in [-0.15, -0.1) is 0 Å². The molecular formula is C10H22N2. The lowest BCUT2D eigenvalue weighted by molar-refractivity contribution is 0.151. The van der Waals surface area contributed by atoms with Gasteiger partial charge >= 0.3 is 0 Å². The lowest BCUT2D eigenvalue weighted by atomic mass is 9.95. The molecule has 1 rings (SSSR count). The third-order valence-corrected chi connectivity index (χ3v) is 2.15. The van der Waals surface area contributed by atoms with Crippen molar-refractivity contribution in [3.63, 3.8) is 0 Å². The second kappa shape index (κ2) is 3.75. The van der Waals surface area contributed by atoms with Crippen LogP contribution in [0.1, 0.15) is 27.7 Å². The summed E-state index contributed by atoms with van der Waals surface area (Å²) in [4.78, 5) is 2.56.